The first-order valence-electron chi connectivity index (χ1n) is 6.93. The van der Waals surface area contributed by atoms with Crippen LogP contribution in [0.2, 0.25) is 0 Å². The van der Waals surface area contributed by atoms with E-state index < -0.39 is 0 Å². The molecule has 0 amide bonds. The largest absolute Gasteiger partial charge is 0.296 e. The molecule has 0 saturated heterocycles. The minimum Gasteiger partial charge on any atom is -0.296 e. The van der Waals surface area contributed by atoms with E-state index in [1.165, 1.54) is 32.9 Å². The van der Waals surface area contributed by atoms with Crippen LogP contribution in [0.1, 0.15) is 17.0 Å². The van der Waals surface area contributed by atoms with E-state index in [1.54, 1.807) is 0 Å². The minimum atomic E-state index is 1.06. The zero-order valence-corrected chi connectivity index (χ0v) is 11.9. The van der Waals surface area contributed by atoms with Crippen molar-refractivity contribution in [1.29, 1.82) is 0 Å². The lowest BCUT2D eigenvalue weighted by Crippen LogP contribution is -1.93. The second-order valence-corrected chi connectivity index (χ2v) is 5.51. The molecule has 0 fully saturated rings. The van der Waals surface area contributed by atoms with Crippen LogP contribution in [0.25, 0.3) is 27.3 Å². The van der Waals surface area contributed by atoms with Gasteiger partial charge in [0.05, 0.1) is 11.2 Å². The topological polar surface area (TPSA) is 17.3 Å². The standard InChI is InChI=1S/C18H16N2/c1-11-8-9-17-16(10-11)14-6-4-5-7-15(14)18-19-12(2)13(3)20(17)18/h4-10H,1-3H3. The van der Waals surface area contributed by atoms with Crippen LogP contribution in [0.15, 0.2) is 42.5 Å². The van der Waals surface area contributed by atoms with Gasteiger partial charge in [0, 0.05) is 16.5 Å². The fourth-order valence-electron chi connectivity index (χ4n) is 3.06. The van der Waals surface area contributed by atoms with Gasteiger partial charge in [0.25, 0.3) is 0 Å². The second kappa shape index (κ2) is 3.83. The fourth-order valence-corrected chi connectivity index (χ4v) is 3.06. The van der Waals surface area contributed by atoms with Crippen LogP contribution in [0.4, 0.5) is 0 Å². The van der Waals surface area contributed by atoms with Crippen LogP contribution in [0.5, 0.6) is 0 Å². The van der Waals surface area contributed by atoms with Gasteiger partial charge in [-0.25, -0.2) is 4.98 Å². The Morgan fingerprint density at radius 1 is 0.850 bits per heavy atom. The molecule has 0 radical (unpaired) electrons. The smallest absolute Gasteiger partial charge is 0.145 e. The molecule has 0 spiro atoms. The number of hydrogen-bond acceptors (Lipinski definition) is 1. The average molecular weight is 260 g/mol. The van der Waals surface area contributed by atoms with Crippen molar-refractivity contribution >= 4 is 27.3 Å². The Bertz CT molecular complexity index is 977. The maximum atomic E-state index is 4.78. The number of fused-ring (bicyclic) bond motifs is 6. The summed E-state index contributed by atoms with van der Waals surface area (Å²) in [5, 5.41) is 3.80. The van der Waals surface area contributed by atoms with Gasteiger partial charge in [-0.1, -0.05) is 35.9 Å². The van der Waals surface area contributed by atoms with Crippen LogP contribution in [-0.2, 0) is 0 Å². The van der Waals surface area contributed by atoms with E-state index in [0.717, 1.165) is 11.3 Å². The number of nitrogens with zero attached hydrogens (tertiary/aromatic N) is 2. The zero-order valence-electron chi connectivity index (χ0n) is 11.9. The van der Waals surface area contributed by atoms with Crippen LogP contribution in [0.3, 0.4) is 0 Å². The lowest BCUT2D eigenvalue weighted by molar-refractivity contribution is 1.14. The summed E-state index contributed by atoms with van der Waals surface area (Å²) in [7, 11) is 0. The van der Waals surface area contributed by atoms with Gasteiger partial charge in [0.1, 0.15) is 5.65 Å². The third-order valence-corrected chi connectivity index (χ3v) is 4.20. The Morgan fingerprint density at radius 3 is 2.40 bits per heavy atom. The quantitative estimate of drug-likeness (QED) is 0.423. The molecule has 0 aliphatic rings. The summed E-state index contributed by atoms with van der Waals surface area (Å²) >= 11 is 0. The van der Waals surface area contributed by atoms with Gasteiger partial charge < -0.3 is 0 Å². The summed E-state index contributed by atoms with van der Waals surface area (Å²) in [5.74, 6) is 0. The highest BCUT2D eigenvalue weighted by molar-refractivity contribution is 6.11. The molecule has 2 aromatic heterocycles. The van der Waals surface area contributed by atoms with Crippen molar-refractivity contribution in [1.82, 2.24) is 9.38 Å². The normalized spacial score (nSPS) is 11.8. The molecule has 2 heterocycles. The van der Waals surface area contributed by atoms with Crippen molar-refractivity contribution in [3.05, 3.63) is 59.4 Å². The Balaban J connectivity index is 2.44. The molecule has 0 bridgehead atoms. The van der Waals surface area contributed by atoms with Gasteiger partial charge in [-0.15, -0.1) is 0 Å². The van der Waals surface area contributed by atoms with Crippen LogP contribution in [0, 0.1) is 20.8 Å². The third kappa shape index (κ3) is 1.36. The van der Waals surface area contributed by atoms with E-state index in [2.05, 4.69) is 67.6 Å². The molecule has 0 atom stereocenters. The summed E-state index contributed by atoms with van der Waals surface area (Å²) in [5.41, 5.74) is 5.91. The first-order chi connectivity index (χ1) is 9.66. The van der Waals surface area contributed by atoms with Gasteiger partial charge in [0.15, 0.2) is 0 Å². The number of imidazole rings is 1. The molecule has 4 rings (SSSR count). The monoisotopic (exact) mass is 260 g/mol. The van der Waals surface area contributed by atoms with E-state index in [1.807, 2.05) is 0 Å². The predicted octanol–water partition coefficient (Wildman–Crippen LogP) is 4.57. The third-order valence-electron chi connectivity index (χ3n) is 4.20. The molecule has 2 nitrogen and oxygen atoms in total. The summed E-state index contributed by atoms with van der Waals surface area (Å²) in [4.78, 5) is 4.78. The maximum absolute atomic E-state index is 4.78. The number of hydrogen-bond donors (Lipinski definition) is 0. The van der Waals surface area contributed by atoms with Crippen molar-refractivity contribution in [2.75, 3.05) is 0 Å². The first-order valence-corrected chi connectivity index (χ1v) is 6.93. The minimum absolute atomic E-state index is 1.06. The van der Waals surface area contributed by atoms with E-state index in [0.29, 0.717) is 0 Å². The van der Waals surface area contributed by atoms with E-state index >= 15 is 0 Å². The van der Waals surface area contributed by atoms with Gasteiger partial charge in [-0.3, -0.25) is 4.40 Å². The van der Waals surface area contributed by atoms with Crippen molar-refractivity contribution < 1.29 is 0 Å². The predicted molar refractivity (Wildman–Crippen MR) is 84.4 cm³/mol. The zero-order chi connectivity index (χ0) is 13.9. The number of benzene rings is 2. The number of aromatic nitrogens is 2. The molecule has 0 unspecified atom stereocenters. The fraction of sp³-hybridized carbons (Fsp3) is 0.167. The van der Waals surface area contributed by atoms with Crippen LogP contribution in [-0.4, -0.2) is 9.38 Å². The molecule has 98 valence electrons. The molecule has 2 aromatic carbocycles. The highest BCUT2D eigenvalue weighted by Gasteiger charge is 2.13. The van der Waals surface area contributed by atoms with E-state index in [9.17, 15) is 0 Å². The molecule has 0 N–H and O–H groups in total. The lowest BCUT2D eigenvalue weighted by atomic mass is 10.0. The number of pyridine rings is 1. The van der Waals surface area contributed by atoms with Crippen molar-refractivity contribution in [2.24, 2.45) is 0 Å². The second-order valence-electron chi connectivity index (χ2n) is 5.51. The van der Waals surface area contributed by atoms with Crippen LogP contribution < -0.4 is 0 Å². The molecular weight excluding hydrogens is 244 g/mol. The van der Waals surface area contributed by atoms with Crippen LogP contribution >= 0.6 is 0 Å². The van der Waals surface area contributed by atoms with Gasteiger partial charge >= 0.3 is 0 Å². The number of rotatable bonds is 0. The SMILES string of the molecule is Cc1ccc2c(c1)c1ccccc1c1nc(C)c(C)n21. The lowest BCUT2D eigenvalue weighted by Gasteiger charge is -2.10. The van der Waals surface area contributed by atoms with Gasteiger partial charge in [0.2, 0.25) is 0 Å². The Kier molecular flexibility index (Phi) is 2.19. The average Bonchev–Trinajstić information content (AvgIpc) is 2.76. The molecule has 0 saturated carbocycles. The molecule has 0 aliphatic heterocycles. The Hall–Kier alpha value is -2.35. The first kappa shape index (κ1) is 11.5. The highest BCUT2D eigenvalue weighted by atomic mass is 15.0. The summed E-state index contributed by atoms with van der Waals surface area (Å²) in [6.07, 6.45) is 0. The molecule has 20 heavy (non-hydrogen) atoms. The van der Waals surface area contributed by atoms with Gasteiger partial charge in [-0.05, 0) is 38.3 Å². The molecule has 4 aromatic rings. The van der Waals surface area contributed by atoms with E-state index in [-0.39, 0.29) is 0 Å². The number of aryl methyl sites for hydroxylation is 3. The molecule has 2 heteroatoms. The highest BCUT2D eigenvalue weighted by Crippen LogP contribution is 2.31. The van der Waals surface area contributed by atoms with Crippen molar-refractivity contribution in [3.8, 4) is 0 Å². The maximum Gasteiger partial charge on any atom is 0.145 e. The van der Waals surface area contributed by atoms with E-state index in [4.69, 9.17) is 4.98 Å². The van der Waals surface area contributed by atoms with Crippen molar-refractivity contribution in [2.45, 2.75) is 20.8 Å². The van der Waals surface area contributed by atoms with Gasteiger partial charge in [-0.2, -0.15) is 0 Å². The summed E-state index contributed by atoms with van der Waals surface area (Å²) in [6.45, 7) is 6.37. The molecule has 0 aliphatic carbocycles. The Morgan fingerprint density at radius 2 is 1.60 bits per heavy atom. The molecular formula is C18H16N2. The Labute approximate surface area is 117 Å². The summed E-state index contributed by atoms with van der Waals surface area (Å²) in [6, 6.07) is 15.2. The van der Waals surface area contributed by atoms with Crippen molar-refractivity contribution in [3.63, 3.8) is 0 Å². The summed E-state index contributed by atoms with van der Waals surface area (Å²) < 4.78 is 2.28.